The van der Waals surface area contributed by atoms with Crippen LogP contribution in [0.2, 0.25) is 0 Å². The van der Waals surface area contributed by atoms with Crippen LogP contribution in [0.5, 0.6) is 11.5 Å². The molecule has 0 unspecified atom stereocenters. The van der Waals surface area contributed by atoms with Gasteiger partial charge in [0.25, 0.3) is 0 Å². The third-order valence-electron chi connectivity index (χ3n) is 6.37. The molecule has 13 heteroatoms. The molecule has 13 nitrogen and oxygen atoms in total. The van der Waals surface area contributed by atoms with Gasteiger partial charge in [-0.05, 0) is 12.1 Å². The number of hydrogen-bond acceptors (Lipinski definition) is 13. The van der Waals surface area contributed by atoms with E-state index >= 15 is 0 Å². The summed E-state index contributed by atoms with van der Waals surface area (Å²) >= 11 is 0. The van der Waals surface area contributed by atoms with Crippen molar-refractivity contribution in [3.05, 3.63) is 48.3 Å². The van der Waals surface area contributed by atoms with Crippen molar-refractivity contribution < 1.29 is 63.9 Å². The second-order valence-corrected chi connectivity index (χ2v) is 8.53. The Labute approximate surface area is 204 Å². The minimum Gasteiger partial charge on any atom is -0.504 e. The van der Waals surface area contributed by atoms with Gasteiger partial charge in [0.15, 0.2) is 17.8 Å². The fourth-order valence-corrected chi connectivity index (χ4v) is 4.28. The van der Waals surface area contributed by atoms with Gasteiger partial charge in [-0.2, -0.15) is 0 Å². The summed E-state index contributed by atoms with van der Waals surface area (Å²) < 4.78 is 26.6. The van der Waals surface area contributed by atoms with Gasteiger partial charge in [-0.1, -0.05) is 12.1 Å². The zero-order valence-corrected chi connectivity index (χ0v) is 18.8. The molecule has 0 spiro atoms. The van der Waals surface area contributed by atoms with Crippen LogP contribution in [0.25, 0.3) is 0 Å². The molecule has 1 aromatic carbocycles. The van der Waals surface area contributed by atoms with E-state index in [4.69, 9.17) is 23.7 Å². The maximum Gasteiger partial charge on any atom is 0.342 e. The Morgan fingerprint density at radius 2 is 1.92 bits per heavy atom. The first-order valence-electron chi connectivity index (χ1n) is 11.0. The Balaban J connectivity index is 1.47. The summed E-state index contributed by atoms with van der Waals surface area (Å²) in [5.74, 6) is -4.06. The van der Waals surface area contributed by atoms with Gasteiger partial charge in [-0.15, -0.1) is 6.58 Å². The third-order valence-corrected chi connectivity index (χ3v) is 6.37. The molecule has 0 aliphatic carbocycles. The maximum atomic E-state index is 12.3. The van der Waals surface area contributed by atoms with Gasteiger partial charge >= 0.3 is 11.9 Å². The topological polar surface area (TPSA) is 202 Å². The number of esters is 2. The SMILES string of the molecule is C=C[C@H]1[C@H](O[C@@H]2O[C@H](COC(=O)c3cccc(O)c3O)[C@@H](O)[C@H](O)[C@H]2O)OC=C2C(=O)OCC[C@]21O. The number of cyclic esters (lactones) is 1. The zero-order chi connectivity index (χ0) is 26.2. The molecule has 3 heterocycles. The average Bonchev–Trinajstić information content (AvgIpc) is 2.84. The molecular formula is C23H26O13. The molecule has 0 aromatic heterocycles. The van der Waals surface area contributed by atoms with Crippen LogP contribution in [0.15, 0.2) is 42.7 Å². The van der Waals surface area contributed by atoms with Crippen LogP contribution in [0, 0.1) is 5.92 Å². The Kier molecular flexibility index (Phi) is 7.22. The van der Waals surface area contributed by atoms with E-state index in [0.717, 1.165) is 12.3 Å². The number of fused-ring (bicyclic) bond motifs is 1. The molecule has 196 valence electrons. The first-order valence-corrected chi connectivity index (χ1v) is 11.0. The van der Waals surface area contributed by atoms with Gasteiger partial charge in [0.05, 0.1) is 18.8 Å². The lowest BCUT2D eigenvalue weighted by atomic mass is 9.76. The smallest absolute Gasteiger partial charge is 0.342 e. The fraction of sp³-hybridized carbons (Fsp3) is 0.478. The number of rotatable bonds is 6. The van der Waals surface area contributed by atoms with Crippen molar-refractivity contribution in [2.75, 3.05) is 13.2 Å². The number of ether oxygens (including phenoxy) is 5. The first-order chi connectivity index (χ1) is 17.1. The van der Waals surface area contributed by atoms with Crippen molar-refractivity contribution in [2.24, 2.45) is 5.92 Å². The van der Waals surface area contributed by atoms with E-state index in [2.05, 4.69) is 6.58 Å². The van der Waals surface area contributed by atoms with Crippen molar-refractivity contribution in [3.8, 4) is 11.5 Å². The highest BCUT2D eigenvalue weighted by Crippen LogP contribution is 2.42. The molecule has 0 bridgehead atoms. The molecule has 3 aliphatic rings. The third kappa shape index (κ3) is 4.52. The number of hydrogen-bond donors (Lipinski definition) is 6. The van der Waals surface area contributed by atoms with E-state index in [1.807, 2.05) is 0 Å². The molecule has 3 aliphatic heterocycles. The van der Waals surface area contributed by atoms with Gasteiger partial charge < -0.3 is 54.3 Å². The number of aliphatic hydroxyl groups excluding tert-OH is 3. The average molecular weight is 510 g/mol. The number of benzene rings is 1. The standard InChI is InChI=1S/C23H26O13/c1-2-11-21(34-8-12-20(30)32-7-6-23(11,12)31)36-22-18(28)17(27)16(26)14(35-22)9-33-19(29)10-4-3-5-13(24)15(10)25/h2-5,8,11,14,16-18,21-22,24-28,31H,1,6-7,9H2/t11-,14+,16+,17-,18+,21-,22-,23+/m0/s1. The quantitative estimate of drug-likeness (QED) is 0.151. The Morgan fingerprint density at radius 1 is 1.17 bits per heavy atom. The highest BCUT2D eigenvalue weighted by atomic mass is 16.8. The van der Waals surface area contributed by atoms with Gasteiger partial charge in [0, 0.05) is 6.42 Å². The molecule has 4 rings (SSSR count). The number of aromatic hydroxyl groups is 2. The van der Waals surface area contributed by atoms with Gasteiger partial charge in [-0.3, -0.25) is 0 Å². The molecule has 0 radical (unpaired) electrons. The van der Waals surface area contributed by atoms with Crippen molar-refractivity contribution in [1.29, 1.82) is 0 Å². The number of phenolic OH excluding ortho intramolecular Hbond substituents is 2. The fourth-order valence-electron chi connectivity index (χ4n) is 4.28. The summed E-state index contributed by atoms with van der Waals surface area (Å²) in [6, 6.07) is 3.67. The van der Waals surface area contributed by atoms with E-state index in [1.54, 1.807) is 0 Å². The molecule has 8 atom stereocenters. The zero-order valence-electron chi connectivity index (χ0n) is 18.8. The number of phenols is 2. The Bertz CT molecular complexity index is 1050. The molecule has 1 aromatic rings. The van der Waals surface area contributed by atoms with Crippen molar-refractivity contribution in [2.45, 2.75) is 49.0 Å². The van der Waals surface area contributed by atoms with E-state index in [9.17, 15) is 40.2 Å². The number of para-hydroxylation sites is 1. The Hall–Kier alpha value is -3.20. The minimum atomic E-state index is -1.79. The van der Waals surface area contributed by atoms with E-state index < -0.39 is 78.6 Å². The summed E-state index contributed by atoms with van der Waals surface area (Å²) in [6.45, 7) is 2.97. The second kappa shape index (κ2) is 10.0. The van der Waals surface area contributed by atoms with E-state index in [-0.39, 0.29) is 24.2 Å². The summed E-state index contributed by atoms with van der Waals surface area (Å²) in [4.78, 5) is 24.3. The molecule has 2 fully saturated rings. The van der Waals surface area contributed by atoms with Crippen LogP contribution in [-0.4, -0.2) is 98.4 Å². The van der Waals surface area contributed by atoms with Gasteiger partial charge in [-0.25, -0.2) is 9.59 Å². The highest BCUT2D eigenvalue weighted by Gasteiger charge is 2.54. The largest absolute Gasteiger partial charge is 0.504 e. The summed E-state index contributed by atoms with van der Waals surface area (Å²) in [5, 5.41) is 61.6. The summed E-state index contributed by atoms with van der Waals surface area (Å²) in [5.41, 5.74) is -2.20. The van der Waals surface area contributed by atoms with Gasteiger partial charge in [0.1, 0.15) is 47.8 Å². The van der Waals surface area contributed by atoms with Crippen molar-refractivity contribution in [1.82, 2.24) is 0 Å². The molecule has 0 saturated carbocycles. The minimum absolute atomic E-state index is 0.0281. The lowest BCUT2D eigenvalue weighted by Crippen LogP contribution is -2.61. The summed E-state index contributed by atoms with van der Waals surface area (Å²) in [6.07, 6.45) is -7.28. The molecule has 2 saturated heterocycles. The monoisotopic (exact) mass is 510 g/mol. The molecule has 36 heavy (non-hydrogen) atoms. The van der Waals surface area contributed by atoms with Crippen LogP contribution >= 0.6 is 0 Å². The predicted molar refractivity (Wildman–Crippen MR) is 115 cm³/mol. The number of carbonyl (C=O) groups is 2. The van der Waals surface area contributed by atoms with Crippen LogP contribution in [0.1, 0.15) is 16.8 Å². The van der Waals surface area contributed by atoms with Gasteiger partial charge in [0.2, 0.25) is 6.29 Å². The first kappa shape index (κ1) is 25.9. The highest BCUT2D eigenvalue weighted by molar-refractivity contribution is 5.93. The normalized spacial score (nSPS) is 36.1. The van der Waals surface area contributed by atoms with E-state index in [0.29, 0.717) is 0 Å². The Morgan fingerprint density at radius 3 is 2.64 bits per heavy atom. The molecular weight excluding hydrogens is 484 g/mol. The number of carbonyl (C=O) groups excluding carboxylic acids is 2. The van der Waals surface area contributed by atoms with Crippen molar-refractivity contribution in [3.63, 3.8) is 0 Å². The van der Waals surface area contributed by atoms with Crippen LogP contribution < -0.4 is 0 Å². The van der Waals surface area contributed by atoms with Crippen LogP contribution in [-0.2, 0) is 28.5 Å². The van der Waals surface area contributed by atoms with E-state index in [1.165, 1.54) is 18.2 Å². The van der Waals surface area contributed by atoms with Crippen LogP contribution in [0.4, 0.5) is 0 Å². The van der Waals surface area contributed by atoms with Crippen LogP contribution in [0.3, 0.4) is 0 Å². The summed E-state index contributed by atoms with van der Waals surface area (Å²) in [7, 11) is 0. The molecule has 6 N–H and O–H groups in total. The number of aliphatic hydroxyl groups is 4. The second-order valence-electron chi connectivity index (χ2n) is 8.53. The predicted octanol–water partition coefficient (Wildman–Crippen LogP) is -1.20. The maximum absolute atomic E-state index is 12.3. The lowest BCUT2D eigenvalue weighted by molar-refractivity contribution is -0.343. The molecule has 0 amide bonds. The lowest BCUT2D eigenvalue weighted by Gasteiger charge is -2.46. The van der Waals surface area contributed by atoms with Crippen molar-refractivity contribution >= 4 is 11.9 Å².